The number of sulfonamides is 1. The van der Waals surface area contributed by atoms with Gasteiger partial charge in [-0.15, -0.1) is 0 Å². The van der Waals surface area contributed by atoms with Crippen molar-refractivity contribution in [3.8, 4) is 0 Å². The summed E-state index contributed by atoms with van der Waals surface area (Å²) in [5.41, 5.74) is 1.36. The maximum absolute atomic E-state index is 14.1. The van der Waals surface area contributed by atoms with E-state index < -0.39 is 27.2 Å². The summed E-state index contributed by atoms with van der Waals surface area (Å²) in [6.45, 7) is 2.57. The molecule has 3 aromatic rings. The summed E-state index contributed by atoms with van der Waals surface area (Å²) < 4.78 is 48.4. The van der Waals surface area contributed by atoms with Gasteiger partial charge in [0.2, 0.25) is 11.7 Å². The SMILES string of the molecule is CC(=O)N1CCC2(CC1)c1cc(NC(=O)c3ccno3)ccc1N(S(=O)(=O)c1ccc(F)cc1)C2C1CC1. The quantitative estimate of drug-likeness (QED) is 0.527. The summed E-state index contributed by atoms with van der Waals surface area (Å²) in [6, 6.07) is 11.3. The van der Waals surface area contributed by atoms with Crippen LogP contribution in [0.15, 0.2) is 64.1 Å². The van der Waals surface area contributed by atoms with Crippen molar-refractivity contribution >= 4 is 33.2 Å². The van der Waals surface area contributed by atoms with Gasteiger partial charge in [-0.1, -0.05) is 5.16 Å². The van der Waals surface area contributed by atoms with Crippen LogP contribution in [0.5, 0.6) is 0 Å². The Hall–Kier alpha value is -3.73. The van der Waals surface area contributed by atoms with Crippen molar-refractivity contribution in [1.82, 2.24) is 10.1 Å². The Morgan fingerprint density at radius 1 is 1.08 bits per heavy atom. The Kier molecular flexibility index (Phi) is 5.78. The molecule has 198 valence electrons. The van der Waals surface area contributed by atoms with Gasteiger partial charge in [0.15, 0.2) is 0 Å². The topological polar surface area (TPSA) is 113 Å². The highest BCUT2D eigenvalue weighted by molar-refractivity contribution is 7.92. The first-order valence-electron chi connectivity index (χ1n) is 12.6. The fourth-order valence-corrected chi connectivity index (χ4v) is 7.90. The molecule has 3 heterocycles. The monoisotopic (exact) mass is 538 g/mol. The summed E-state index contributed by atoms with van der Waals surface area (Å²) >= 11 is 0. The lowest BCUT2D eigenvalue weighted by atomic mass is 9.68. The maximum Gasteiger partial charge on any atom is 0.294 e. The Labute approximate surface area is 219 Å². The van der Waals surface area contributed by atoms with E-state index in [4.69, 9.17) is 4.52 Å². The largest absolute Gasteiger partial charge is 0.351 e. The van der Waals surface area contributed by atoms with Gasteiger partial charge in [-0.25, -0.2) is 12.8 Å². The first-order chi connectivity index (χ1) is 18.2. The average Bonchev–Trinajstić information content (AvgIpc) is 3.49. The minimum Gasteiger partial charge on any atom is -0.351 e. The fourth-order valence-electron chi connectivity index (χ4n) is 6.10. The number of rotatable bonds is 5. The smallest absolute Gasteiger partial charge is 0.294 e. The fraction of sp³-hybridized carbons (Fsp3) is 0.370. The lowest BCUT2D eigenvalue weighted by Gasteiger charge is -2.45. The van der Waals surface area contributed by atoms with Crippen molar-refractivity contribution < 1.29 is 26.9 Å². The standard InChI is InChI=1S/C27H27FN4O5S/c1-17(33)31-14-11-27(12-15-31)22-16-20(30-26(34)24-10-13-29-37-24)6-9-23(22)32(25(27)18-2-3-18)38(35,36)21-7-4-19(28)5-8-21/h4-10,13,16,18,25H,2-3,11-12,14-15H2,1H3,(H,30,34). The van der Waals surface area contributed by atoms with E-state index in [1.807, 2.05) is 6.07 Å². The number of likely N-dealkylation sites (tertiary alicyclic amines) is 1. The number of aromatic nitrogens is 1. The van der Waals surface area contributed by atoms with Crippen LogP contribution >= 0.6 is 0 Å². The highest BCUT2D eigenvalue weighted by Crippen LogP contribution is 2.59. The molecule has 2 amide bonds. The molecule has 9 nitrogen and oxygen atoms in total. The van der Waals surface area contributed by atoms with Crippen LogP contribution in [0.2, 0.25) is 0 Å². The van der Waals surface area contributed by atoms with Gasteiger partial charge < -0.3 is 14.7 Å². The van der Waals surface area contributed by atoms with Gasteiger partial charge >= 0.3 is 0 Å². The number of anilines is 2. The molecule has 1 N–H and O–H groups in total. The lowest BCUT2D eigenvalue weighted by molar-refractivity contribution is -0.130. The van der Waals surface area contributed by atoms with Crippen LogP contribution in [0.25, 0.3) is 0 Å². The highest BCUT2D eigenvalue weighted by Gasteiger charge is 2.60. The maximum atomic E-state index is 14.1. The normalized spacial score (nSPS) is 20.4. The molecular weight excluding hydrogens is 511 g/mol. The second-order valence-corrected chi connectivity index (χ2v) is 12.1. The third kappa shape index (κ3) is 3.96. The zero-order chi connectivity index (χ0) is 26.7. The van der Waals surface area contributed by atoms with E-state index in [-0.39, 0.29) is 28.5 Å². The van der Waals surface area contributed by atoms with Crippen LogP contribution in [0.4, 0.5) is 15.8 Å². The van der Waals surface area contributed by atoms with E-state index in [0.29, 0.717) is 37.3 Å². The lowest BCUT2D eigenvalue weighted by Crippen LogP contribution is -2.54. The zero-order valence-corrected chi connectivity index (χ0v) is 21.6. The van der Waals surface area contributed by atoms with Crippen LogP contribution in [0.3, 0.4) is 0 Å². The number of halogens is 1. The van der Waals surface area contributed by atoms with Crippen molar-refractivity contribution in [3.63, 3.8) is 0 Å². The van der Waals surface area contributed by atoms with Crippen molar-refractivity contribution in [2.45, 2.75) is 49.0 Å². The summed E-state index contributed by atoms with van der Waals surface area (Å²) in [5, 5.41) is 6.40. The molecule has 3 aliphatic rings. The van der Waals surface area contributed by atoms with Crippen LogP contribution in [-0.2, 0) is 20.2 Å². The third-order valence-corrected chi connectivity index (χ3v) is 9.86. The van der Waals surface area contributed by atoms with Crippen LogP contribution < -0.4 is 9.62 Å². The minimum atomic E-state index is -4.02. The van der Waals surface area contributed by atoms with E-state index in [0.717, 1.165) is 30.5 Å². The van der Waals surface area contributed by atoms with E-state index in [1.165, 1.54) is 28.7 Å². The molecule has 2 fully saturated rings. The number of hydrogen-bond donors (Lipinski definition) is 1. The summed E-state index contributed by atoms with van der Waals surface area (Å²) in [4.78, 5) is 26.6. The Bertz CT molecular complexity index is 1490. The molecule has 2 aliphatic heterocycles. The van der Waals surface area contributed by atoms with Crippen LogP contribution in [0, 0.1) is 11.7 Å². The van der Waals surface area contributed by atoms with Gasteiger partial charge in [0.25, 0.3) is 15.9 Å². The van der Waals surface area contributed by atoms with Crippen molar-refractivity contribution in [2.75, 3.05) is 22.7 Å². The molecule has 1 aliphatic carbocycles. The number of nitrogens with zero attached hydrogens (tertiary/aromatic N) is 3. The number of hydrogen-bond acceptors (Lipinski definition) is 6. The number of fused-ring (bicyclic) bond motifs is 2. The van der Waals surface area contributed by atoms with E-state index >= 15 is 0 Å². The van der Waals surface area contributed by atoms with Crippen molar-refractivity contribution in [2.24, 2.45) is 5.92 Å². The number of carbonyl (C=O) groups is 2. The van der Waals surface area contributed by atoms with Gasteiger partial charge in [0.05, 0.1) is 22.8 Å². The highest BCUT2D eigenvalue weighted by atomic mass is 32.2. The summed E-state index contributed by atoms with van der Waals surface area (Å²) in [5.74, 6) is -0.759. The number of nitrogens with one attached hydrogen (secondary N) is 1. The Morgan fingerprint density at radius 3 is 2.39 bits per heavy atom. The number of benzene rings is 2. The molecule has 38 heavy (non-hydrogen) atoms. The van der Waals surface area contributed by atoms with E-state index in [9.17, 15) is 22.4 Å². The average molecular weight is 539 g/mol. The zero-order valence-electron chi connectivity index (χ0n) is 20.8. The molecule has 6 rings (SSSR count). The molecular formula is C27H27FN4O5S. The number of amides is 2. The summed E-state index contributed by atoms with van der Waals surface area (Å²) in [7, 11) is -4.02. The molecule has 1 unspecified atom stereocenters. The first kappa shape index (κ1) is 24.6. The molecule has 11 heteroatoms. The molecule has 1 saturated carbocycles. The van der Waals surface area contributed by atoms with Gasteiger partial charge in [-0.05, 0) is 79.6 Å². The van der Waals surface area contributed by atoms with Gasteiger partial charge in [-0.3, -0.25) is 13.9 Å². The number of piperidine rings is 1. The Morgan fingerprint density at radius 2 is 1.79 bits per heavy atom. The minimum absolute atomic E-state index is 0.00935. The van der Waals surface area contributed by atoms with Gasteiger partial charge in [0.1, 0.15) is 5.82 Å². The van der Waals surface area contributed by atoms with Crippen LogP contribution in [0.1, 0.15) is 48.7 Å². The molecule has 0 radical (unpaired) electrons. The van der Waals surface area contributed by atoms with Crippen LogP contribution in [-0.4, -0.2) is 49.4 Å². The predicted octanol–water partition coefficient (Wildman–Crippen LogP) is 3.93. The van der Waals surface area contributed by atoms with Crippen molar-refractivity contribution in [1.29, 1.82) is 0 Å². The number of carbonyl (C=O) groups excluding carboxylic acids is 2. The summed E-state index contributed by atoms with van der Waals surface area (Å²) in [6.07, 6.45) is 4.38. The molecule has 2 aromatic carbocycles. The second kappa shape index (κ2) is 8.93. The third-order valence-electron chi connectivity index (χ3n) is 8.05. The first-order valence-corrected chi connectivity index (χ1v) is 14.1. The Balaban J connectivity index is 1.47. The van der Waals surface area contributed by atoms with E-state index in [2.05, 4.69) is 10.5 Å². The molecule has 0 bridgehead atoms. The second-order valence-electron chi connectivity index (χ2n) is 10.3. The molecule has 1 atom stereocenters. The molecule has 1 saturated heterocycles. The van der Waals surface area contributed by atoms with Gasteiger partial charge in [-0.2, -0.15) is 0 Å². The van der Waals surface area contributed by atoms with Crippen molar-refractivity contribution in [3.05, 3.63) is 71.9 Å². The molecule has 1 aromatic heterocycles. The predicted molar refractivity (Wildman–Crippen MR) is 137 cm³/mol. The van der Waals surface area contributed by atoms with E-state index in [1.54, 1.807) is 24.0 Å². The molecule has 1 spiro atoms. The van der Waals surface area contributed by atoms with Gasteiger partial charge in [0, 0.05) is 37.2 Å².